The molecule has 2 aliphatic rings. The van der Waals surface area contributed by atoms with Crippen LogP contribution in [0.15, 0.2) is 35.7 Å². The van der Waals surface area contributed by atoms with Gasteiger partial charge >= 0.3 is 0 Å². The molecule has 1 saturated carbocycles. The molecule has 2 fully saturated rings. The molecule has 5 heteroatoms. The number of rotatable bonds is 4. The van der Waals surface area contributed by atoms with Crippen LogP contribution in [0.5, 0.6) is 0 Å². The average Bonchev–Trinajstić information content (AvgIpc) is 3.03. The first kappa shape index (κ1) is 14.7. The molecule has 1 N–H and O–H groups in total. The third kappa shape index (κ3) is 2.49. The zero-order valence-corrected chi connectivity index (χ0v) is 13.6. The summed E-state index contributed by atoms with van der Waals surface area (Å²) in [4.78, 5) is 1.01. The molecule has 0 bridgehead atoms. The van der Waals surface area contributed by atoms with Crippen LogP contribution in [0.3, 0.4) is 0 Å². The van der Waals surface area contributed by atoms with Gasteiger partial charge in [-0.2, -0.15) is 0 Å². The Balaban J connectivity index is 1.73. The van der Waals surface area contributed by atoms with E-state index in [1.165, 1.54) is 0 Å². The van der Waals surface area contributed by atoms with Gasteiger partial charge in [-0.3, -0.25) is 0 Å². The topological polar surface area (TPSA) is 38.7 Å². The van der Waals surface area contributed by atoms with Crippen LogP contribution in [-0.2, 0) is 15.1 Å². The van der Waals surface area contributed by atoms with Crippen molar-refractivity contribution in [3.8, 4) is 0 Å². The van der Waals surface area contributed by atoms with Crippen LogP contribution in [-0.4, -0.2) is 18.3 Å². The molecule has 1 saturated heterocycles. The van der Waals surface area contributed by atoms with Crippen LogP contribution < -0.4 is 0 Å². The summed E-state index contributed by atoms with van der Waals surface area (Å²) in [6.07, 6.45) is 1.77. The molecule has 2 aromatic rings. The van der Waals surface area contributed by atoms with Crippen LogP contribution >= 0.6 is 22.9 Å². The molecule has 0 radical (unpaired) electrons. The molecule has 1 aromatic heterocycles. The monoisotopic (exact) mass is 336 g/mol. The SMILES string of the molecule is O[C@](c1cccc(Cl)c1)(c1csc(C2OCCO2)c1)C1CC1. The average molecular weight is 337 g/mol. The highest BCUT2D eigenvalue weighted by Gasteiger charge is 2.47. The van der Waals surface area contributed by atoms with E-state index in [4.69, 9.17) is 21.1 Å². The van der Waals surface area contributed by atoms with Gasteiger partial charge < -0.3 is 14.6 Å². The van der Waals surface area contributed by atoms with Crippen LogP contribution in [0.4, 0.5) is 0 Å². The second-order valence-electron chi connectivity index (χ2n) is 5.86. The first-order chi connectivity index (χ1) is 10.7. The number of halogens is 1. The number of ether oxygens (including phenoxy) is 2. The fourth-order valence-electron chi connectivity index (χ4n) is 3.06. The number of thiophene rings is 1. The van der Waals surface area contributed by atoms with Crippen molar-refractivity contribution in [1.29, 1.82) is 0 Å². The molecule has 1 aliphatic carbocycles. The van der Waals surface area contributed by atoms with E-state index in [1.807, 2.05) is 35.7 Å². The summed E-state index contributed by atoms with van der Waals surface area (Å²) in [5.74, 6) is 0.249. The van der Waals surface area contributed by atoms with E-state index in [-0.39, 0.29) is 12.2 Å². The van der Waals surface area contributed by atoms with Gasteiger partial charge in [-0.25, -0.2) is 0 Å². The Bertz CT molecular complexity index is 676. The lowest BCUT2D eigenvalue weighted by Gasteiger charge is -2.28. The maximum absolute atomic E-state index is 11.4. The van der Waals surface area contributed by atoms with Crippen molar-refractivity contribution in [2.75, 3.05) is 13.2 Å². The highest BCUT2D eigenvalue weighted by Crippen LogP contribution is 2.51. The van der Waals surface area contributed by atoms with Crippen molar-refractivity contribution in [1.82, 2.24) is 0 Å². The quantitative estimate of drug-likeness (QED) is 0.913. The Kier molecular flexibility index (Phi) is 3.75. The maximum atomic E-state index is 11.4. The predicted molar refractivity (Wildman–Crippen MR) is 86.1 cm³/mol. The Morgan fingerprint density at radius 1 is 1.14 bits per heavy atom. The Morgan fingerprint density at radius 2 is 1.91 bits per heavy atom. The van der Waals surface area contributed by atoms with E-state index in [1.54, 1.807) is 11.3 Å². The van der Waals surface area contributed by atoms with Gasteiger partial charge in [0.1, 0.15) is 5.60 Å². The normalized spacial score (nSPS) is 21.9. The summed E-state index contributed by atoms with van der Waals surface area (Å²) in [6, 6.07) is 9.54. The van der Waals surface area contributed by atoms with E-state index < -0.39 is 5.60 Å². The first-order valence-corrected chi connectivity index (χ1v) is 8.74. The van der Waals surface area contributed by atoms with Crippen molar-refractivity contribution in [3.05, 3.63) is 56.7 Å². The fraction of sp³-hybridized carbons (Fsp3) is 0.412. The molecule has 22 heavy (non-hydrogen) atoms. The molecular weight excluding hydrogens is 320 g/mol. The summed E-state index contributed by atoms with van der Waals surface area (Å²) >= 11 is 7.70. The van der Waals surface area contributed by atoms with E-state index in [2.05, 4.69) is 0 Å². The lowest BCUT2D eigenvalue weighted by Crippen LogP contribution is -2.29. The van der Waals surface area contributed by atoms with Gasteiger partial charge in [0, 0.05) is 5.02 Å². The minimum atomic E-state index is -0.974. The molecule has 0 spiro atoms. The molecule has 4 rings (SSSR count). The van der Waals surface area contributed by atoms with E-state index in [0.29, 0.717) is 18.2 Å². The van der Waals surface area contributed by atoms with Crippen molar-refractivity contribution in [2.45, 2.75) is 24.7 Å². The number of aliphatic hydroxyl groups is 1. The van der Waals surface area contributed by atoms with Gasteiger partial charge in [0.15, 0.2) is 6.29 Å². The second-order valence-corrected chi connectivity index (χ2v) is 7.24. The van der Waals surface area contributed by atoms with E-state index >= 15 is 0 Å². The minimum absolute atomic E-state index is 0.249. The molecular formula is C17H17ClO3S. The smallest absolute Gasteiger partial charge is 0.193 e. The molecule has 1 aliphatic heterocycles. The van der Waals surface area contributed by atoms with Gasteiger partial charge in [0.25, 0.3) is 0 Å². The van der Waals surface area contributed by atoms with Crippen molar-refractivity contribution in [3.63, 3.8) is 0 Å². The molecule has 0 amide bonds. The molecule has 1 aromatic carbocycles. The summed E-state index contributed by atoms with van der Waals surface area (Å²) in [5, 5.41) is 14.1. The van der Waals surface area contributed by atoms with Gasteiger partial charge in [0.05, 0.1) is 18.1 Å². The predicted octanol–water partition coefficient (Wildman–Crippen LogP) is 4.09. The highest BCUT2D eigenvalue weighted by molar-refractivity contribution is 7.10. The van der Waals surface area contributed by atoms with Gasteiger partial charge in [-0.05, 0) is 53.5 Å². The lowest BCUT2D eigenvalue weighted by molar-refractivity contribution is -0.0415. The van der Waals surface area contributed by atoms with E-state index in [9.17, 15) is 5.11 Å². The van der Waals surface area contributed by atoms with Gasteiger partial charge in [-0.15, -0.1) is 11.3 Å². The largest absolute Gasteiger partial charge is 0.380 e. The van der Waals surface area contributed by atoms with Crippen LogP contribution in [0.1, 0.15) is 35.1 Å². The Hall–Kier alpha value is -0.910. The fourth-order valence-corrected chi connectivity index (χ4v) is 4.21. The standard InChI is InChI=1S/C17H17ClO3S/c18-14-3-1-2-12(8-14)17(19,11-4-5-11)13-9-15(22-10-13)16-20-6-7-21-16/h1-3,8-11,16,19H,4-7H2/t17-/m1/s1. The second kappa shape index (κ2) is 5.62. The van der Waals surface area contributed by atoms with Gasteiger partial charge in [-0.1, -0.05) is 23.7 Å². The van der Waals surface area contributed by atoms with Crippen LogP contribution in [0.25, 0.3) is 0 Å². The summed E-state index contributed by atoms with van der Waals surface area (Å²) in [5.41, 5.74) is 0.801. The zero-order valence-electron chi connectivity index (χ0n) is 12.0. The maximum Gasteiger partial charge on any atom is 0.193 e. The van der Waals surface area contributed by atoms with Crippen LogP contribution in [0, 0.1) is 5.92 Å². The molecule has 1 atom stereocenters. The summed E-state index contributed by atoms with van der Waals surface area (Å²) in [7, 11) is 0. The zero-order chi connectivity index (χ0) is 15.2. The third-order valence-electron chi connectivity index (χ3n) is 4.35. The first-order valence-electron chi connectivity index (χ1n) is 7.48. The van der Waals surface area contributed by atoms with Crippen LogP contribution in [0.2, 0.25) is 5.02 Å². The molecule has 2 heterocycles. The Labute approximate surface area is 138 Å². The third-order valence-corrected chi connectivity index (χ3v) is 5.54. The number of hydrogen-bond donors (Lipinski definition) is 1. The summed E-state index contributed by atoms with van der Waals surface area (Å²) in [6.45, 7) is 1.25. The van der Waals surface area contributed by atoms with Crippen molar-refractivity contribution in [2.24, 2.45) is 5.92 Å². The molecule has 3 nitrogen and oxygen atoms in total. The lowest BCUT2D eigenvalue weighted by atomic mass is 9.83. The van der Waals surface area contributed by atoms with Gasteiger partial charge in [0.2, 0.25) is 0 Å². The highest BCUT2D eigenvalue weighted by atomic mass is 35.5. The summed E-state index contributed by atoms with van der Waals surface area (Å²) < 4.78 is 11.1. The number of benzene rings is 1. The molecule has 0 unspecified atom stereocenters. The van der Waals surface area contributed by atoms with E-state index in [0.717, 1.165) is 28.8 Å². The minimum Gasteiger partial charge on any atom is -0.380 e. The molecule has 116 valence electrons. The van der Waals surface area contributed by atoms with Crippen molar-refractivity contribution < 1.29 is 14.6 Å². The number of hydrogen-bond acceptors (Lipinski definition) is 4. The van der Waals surface area contributed by atoms with Crippen molar-refractivity contribution >= 4 is 22.9 Å². The Morgan fingerprint density at radius 3 is 2.59 bits per heavy atom.